The largest absolute Gasteiger partial charge is 0.497 e. The highest BCUT2D eigenvalue weighted by molar-refractivity contribution is 5.29. The van der Waals surface area contributed by atoms with Gasteiger partial charge in [-0.05, 0) is 37.0 Å². The minimum absolute atomic E-state index is 0.163. The fraction of sp³-hybridized carbons (Fsp3) is 0.538. The third kappa shape index (κ3) is 2.96. The van der Waals surface area contributed by atoms with Gasteiger partial charge in [-0.15, -0.1) is 0 Å². The molecule has 0 amide bonds. The number of benzene rings is 1. The summed E-state index contributed by atoms with van der Waals surface area (Å²) >= 11 is 0. The molecule has 5 heteroatoms. The molecule has 0 spiro atoms. The molecule has 0 radical (unpaired) electrons. The van der Waals surface area contributed by atoms with Crippen molar-refractivity contribution in [1.29, 1.82) is 0 Å². The number of nitrogens with one attached hydrogen (secondary N) is 1. The number of ether oxygens (including phenoxy) is 1. The van der Waals surface area contributed by atoms with E-state index in [4.69, 9.17) is 4.74 Å². The first-order chi connectivity index (χ1) is 8.50. The molecule has 100 valence electrons. The lowest BCUT2D eigenvalue weighted by molar-refractivity contribution is -0.163. The van der Waals surface area contributed by atoms with Crippen LogP contribution in [0.3, 0.4) is 0 Å². The molecule has 1 N–H and O–H groups in total. The van der Waals surface area contributed by atoms with Crippen LogP contribution in [-0.4, -0.2) is 19.3 Å². The minimum Gasteiger partial charge on any atom is -0.497 e. The van der Waals surface area contributed by atoms with Crippen molar-refractivity contribution in [3.63, 3.8) is 0 Å². The molecule has 2 rings (SSSR count). The number of rotatable bonds is 2. The van der Waals surface area contributed by atoms with Crippen molar-refractivity contribution < 1.29 is 17.9 Å². The van der Waals surface area contributed by atoms with Crippen molar-refractivity contribution in [2.75, 3.05) is 7.11 Å². The first kappa shape index (κ1) is 13.2. The first-order valence-electron chi connectivity index (χ1n) is 5.97. The van der Waals surface area contributed by atoms with E-state index in [0.29, 0.717) is 12.2 Å². The molecule has 0 aliphatic carbocycles. The second-order valence-corrected chi connectivity index (χ2v) is 4.52. The van der Waals surface area contributed by atoms with Crippen molar-refractivity contribution in [3.05, 3.63) is 29.8 Å². The van der Waals surface area contributed by atoms with Crippen LogP contribution in [0, 0.1) is 0 Å². The lowest BCUT2D eigenvalue weighted by Gasteiger charge is -2.32. The van der Waals surface area contributed by atoms with Crippen LogP contribution in [0.5, 0.6) is 5.75 Å². The summed E-state index contributed by atoms with van der Waals surface area (Å²) in [5, 5.41) is 2.68. The van der Waals surface area contributed by atoms with Gasteiger partial charge in [0, 0.05) is 6.04 Å². The molecule has 0 aromatic heterocycles. The van der Waals surface area contributed by atoms with Crippen molar-refractivity contribution in [2.24, 2.45) is 0 Å². The Balaban J connectivity index is 2.08. The van der Waals surface area contributed by atoms with Gasteiger partial charge in [-0.1, -0.05) is 12.1 Å². The van der Waals surface area contributed by atoms with Gasteiger partial charge in [0.15, 0.2) is 0 Å². The average molecular weight is 259 g/mol. The van der Waals surface area contributed by atoms with Gasteiger partial charge in [0.2, 0.25) is 0 Å². The Morgan fingerprint density at radius 3 is 2.39 bits per heavy atom. The molecule has 1 heterocycles. The molecular formula is C13H16F3NO. The van der Waals surface area contributed by atoms with Crippen LogP contribution in [0.15, 0.2) is 24.3 Å². The molecule has 2 atom stereocenters. The third-order valence-electron chi connectivity index (χ3n) is 3.30. The van der Waals surface area contributed by atoms with E-state index in [1.54, 1.807) is 19.2 Å². The van der Waals surface area contributed by atoms with E-state index >= 15 is 0 Å². The molecular weight excluding hydrogens is 243 g/mol. The molecule has 1 aliphatic rings. The third-order valence-corrected chi connectivity index (χ3v) is 3.30. The van der Waals surface area contributed by atoms with Gasteiger partial charge < -0.3 is 4.74 Å². The predicted octanol–water partition coefficient (Wildman–Crippen LogP) is 3.44. The Bertz CT molecular complexity index is 388. The van der Waals surface area contributed by atoms with E-state index in [-0.39, 0.29) is 12.5 Å². The topological polar surface area (TPSA) is 21.3 Å². The zero-order valence-electron chi connectivity index (χ0n) is 10.1. The number of alkyl halides is 3. The normalized spacial score (nSPS) is 24.9. The van der Waals surface area contributed by atoms with Gasteiger partial charge in [0.25, 0.3) is 0 Å². The number of halogens is 3. The van der Waals surface area contributed by atoms with Crippen LogP contribution >= 0.6 is 0 Å². The van der Waals surface area contributed by atoms with Gasteiger partial charge in [-0.2, -0.15) is 13.2 Å². The van der Waals surface area contributed by atoms with Crippen LogP contribution < -0.4 is 10.1 Å². The molecule has 1 fully saturated rings. The predicted molar refractivity (Wildman–Crippen MR) is 62.6 cm³/mol. The quantitative estimate of drug-likeness (QED) is 0.878. The zero-order chi connectivity index (χ0) is 13.2. The standard InChI is InChI=1S/C13H16F3NO/c1-18-10-7-5-9(6-8-10)11-3-2-4-12(17-11)13(14,15)16/h5-8,11-12,17H,2-4H2,1H3. The second kappa shape index (κ2) is 5.18. The van der Waals surface area contributed by atoms with Gasteiger partial charge in [0.1, 0.15) is 11.8 Å². The maximum atomic E-state index is 12.7. The Morgan fingerprint density at radius 1 is 1.17 bits per heavy atom. The zero-order valence-corrected chi connectivity index (χ0v) is 10.1. The van der Waals surface area contributed by atoms with Gasteiger partial charge in [-0.25, -0.2) is 0 Å². The number of hydrogen-bond acceptors (Lipinski definition) is 2. The molecule has 2 unspecified atom stereocenters. The fourth-order valence-corrected chi connectivity index (χ4v) is 2.29. The second-order valence-electron chi connectivity index (χ2n) is 4.52. The molecule has 18 heavy (non-hydrogen) atoms. The molecule has 1 saturated heterocycles. The summed E-state index contributed by atoms with van der Waals surface area (Å²) in [5.74, 6) is 0.710. The first-order valence-corrected chi connectivity index (χ1v) is 5.97. The molecule has 0 bridgehead atoms. The van der Waals surface area contributed by atoms with E-state index in [1.807, 2.05) is 12.1 Å². The van der Waals surface area contributed by atoms with E-state index in [0.717, 1.165) is 12.0 Å². The highest BCUT2D eigenvalue weighted by atomic mass is 19.4. The van der Waals surface area contributed by atoms with Crippen LogP contribution in [-0.2, 0) is 0 Å². The molecule has 1 aromatic carbocycles. The monoisotopic (exact) mass is 259 g/mol. The summed E-state index contributed by atoms with van der Waals surface area (Å²) in [4.78, 5) is 0. The fourth-order valence-electron chi connectivity index (χ4n) is 2.29. The van der Waals surface area contributed by atoms with Crippen molar-refractivity contribution in [3.8, 4) is 5.75 Å². The Hall–Kier alpha value is -1.23. The van der Waals surface area contributed by atoms with Gasteiger partial charge in [0.05, 0.1) is 7.11 Å². The molecule has 0 saturated carbocycles. The highest BCUT2D eigenvalue weighted by Gasteiger charge is 2.42. The Kier molecular flexibility index (Phi) is 3.80. The van der Waals surface area contributed by atoms with E-state index in [1.165, 1.54) is 0 Å². The van der Waals surface area contributed by atoms with Crippen molar-refractivity contribution >= 4 is 0 Å². The summed E-state index contributed by atoms with van der Waals surface area (Å²) in [5.41, 5.74) is 0.879. The smallest absolute Gasteiger partial charge is 0.403 e. The number of hydrogen-bond donors (Lipinski definition) is 1. The maximum absolute atomic E-state index is 12.7. The number of piperidine rings is 1. The molecule has 1 aliphatic heterocycles. The summed E-state index contributed by atoms with van der Waals surface area (Å²) in [6.07, 6.45) is -2.67. The van der Waals surface area contributed by atoms with Crippen LogP contribution in [0.25, 0.3) is 0 Å². The van der Waals surface area contributed by atoms with E-state index in [2.05, 4.69) is 5.32 Å². The van der Waals surface area contributed by atoms with Crippen molar-refractivity contribution in [1.82, 2.24) is 5.32 Å². The molecule has 2 nitrogen and oxygen atoms in total. The number of methoxy groups -OCH3 is 1. The summed E-state index contributed by atoms with van der Waals surface area (Å²) in [7, 11) is 1.56. The SMILES string of the molecule is COc1ccc(C2CCCC(C(F)(F)F)N2)cc1. The lowest BCUT2D eigenvalue weighted by atomic mass is 9.93. The van der Waals surface area contributed by atoms with E-state index in [9.17, 15) is 13.2 Å². The minimum atomic E-state index is -4.16. The van der Waals surface area contributed by atoms with Gasteiger partial charge >= 0.3 is 6.18 Å². The Labute approximate surface area is 104 Å². The van der Waals surface area contributed by atoms with Crippen LogP contribution in [0.4, 0.5) is 13.2 Å². The van der Waals surface area contributed by atoms with E-state index < -0.39 is 12.2 Å². The molecule has 1 aromatic rings. The van der Waals surface area contributed by atoms with Crippen LogP contribution in [0.1, 0.15) is 30.9 Å². The van der Waals surface area contributed by atoms with Crippen LogP contribution in [0.2, 0.25) is 0 Å². The summed E-state index contributed by atoms with van der Waals surface area (Å²) < 4.78 is 43.0. The average Bonchev–Trinajstić information content (AvgIpc) is 2.38. The lowest BCUT2D eigenvalue weighted by Crippen LogP contribution is -2.46. The summed E-state index contributed by atoms with van der Waals surface area (Å²) in [6, 6.07) is 5.56. The summed E-state index contributed by atoms with van der Waals surface area (Å²) in [6.45, 7) is 0. The Morgan fingerprint density at radius 2 is 1.83 bits per heavy atom. The maximum Gasteiger partial charge on any atom is 0.403 e. The highest BCUT2D eigenvalue weighted by Crippen LogP contribution is 2.33. The van der Waals surface area contributed by atoms with Gasteiger partial charge in [-0.3, -0.25) is 5.32 Å². The van der Waals surface area contributed by atoms with Crippen molar-refractivity contribution in [2.45, 2.75) is 37.5 Å².